The zero-order valence-electron chi connectivity index (χ0n) is 12.9. The van der Waals surface area contributed by atoms with Crippen molar-refractivity contribution in [1.29, 1.82) is 0 Å². The molecular formula is C18H15N5S. The van der Waals surface area contributed by atoms with E-state index in [1.165, 1.54) is 5.56 Å². The Hall–Kier alpha value is -2.86. The van der Waals surface area contributed by atoms with Gasteiger partial charge < -0.3 is 5.32 Å². The lowest BCUT2D eigenvalue weighted by Crippen LogP contribution is -2.04. The standard InChI is InChI=1S/C18H15N5S/c1-2-13(11-19-7-1)5-9-21-18-23-22-17(24-18)15-3-4-16-12-20-8-6-14(16)10-15/h1-4,6-8,10-12H,5,9H2,(H,21,23). The highest BCUT2D eigenvalue weighted by Crippen LogP contribution is 2.28. The fourth-order valence-electron chi connectivity index (χ4n) is 2.49. The van der Waals surface area contributed by atoms with Gasteiger partial charge in [-0.1, -0.05) is 29.5 Å². The smallest absolute Gasteiger partial charge is 0.206 e. The predicted octanol–water partition coefficient (Wildman–Crippen LogP) is 3.80. The molecule has 0 saturated heterocycles. The normalized spacial score (nSPS) is 10.8. The van der Waals surface area contributed by atoms with Gasteiger partial charge in [-0.25, -0.2) is 0 Å². The van der Waals surface area contributed by atoms with E-state index in [9.17, 15) is 0 Å². The number of aromatic nitrogens is 4. The van der Waals surface area contributed by atoms with Crippen LogP contribution in [0.5, 0.6) is 0 Å². The highest BCUT2D eigenvalue weighted by atomic mass is 32.1. The van der Waals surface area contributed by atoms with Gasteiger partial charge in [0.05, 0.1) is 0 Å². The van der Waals surface area contributed by atoms with Crippen LogP contribution in [0, 0.1) is 0 Å². The lowest BCUT2D eigenvalue weighted by atomic mass is 10.1. The summed E-state index contributed by atoms with van der Waals surface area (Å²) in [5.74, 6) is 0. The summed E-state index contributed by atoms with van der Waals surface area (Å²) in [4.78, 5) is 8.26. The third-order valence-corrected chi connectivity index (χ3v) is 4.66. The van der Waals surface area contributed by atoms with Gasteiger partial charge in [-0.15, -0.1) is 10.2 Å². The van der Waals surface area contributed by atoms with E-state index in [1.54, 1.807) is 23.7 Å². The van der Waals surface area contributed by atoms with Crippen LogP contribution in [0.2, 0.25) is 0 Å². The molecule has 0 bridgehead atoms. The van der Waals surface area contributed by atoms with Crippen LogP contribution in [0.1, 0.15) is 5.56 Å². The first-order chi connectivity index (χ1) is 11.9. The van der Waals surface area contributed by atoms with Crippen LogP contribution >= 0.6 is 11.3 Å². The summed E-state index contributed by atoms with van der Waals surface area (Å²) in [6.07, 6.45) is 8.25. The summed E-state index contributed by atoms with van der Waals surface area (Å²) in [5.41, 5.74) is 2.28. The van der Waals surface area contributed by atoms with Crippen molar-refractivity contribution in [1.82, 2.24) is 20.2 Å². The number of benzene rings is 1. The van der Waals surface area contributed by atoms with Crippen molar-refractivity contribution in [2.75, 3.05) is 11.9 Å². The van der Waals surface area contributed by atoms with Crippen molar-refractivity contribution in [2.45, 2.75) is 6.42 Å². The Morgan fingerprint density at radius 2 is 1.88 bits per heavy atom. The zero-order chi connectivity index (χ0) is 16.2. The number of hydrogen-bond acceptors (Lipinski definition) is 6. The summed E-state index contributed by atoms with van der Waals surface area (Å²) in [7, 11) is 0. The highest BCUT2D eigenvalue weighted by Gasteiger charge is 2.07. The van der Waals surface area contributed by atoms with Gasteiger partial charge in [0.25, 0.3) is 0 Å². The van der Waals surface area contributed by atoms with Crippen molar-refractivity contribution < 1.29 is 0 Å². The molecule has 1 N–H and O–H groups in total. The number of anilines is 1. The molecule has 0 atom stereocenters. The summed E-state index contributed by atoms with van der Waals surface area (Å²) in [5, 5.41) is 15.9. The maximum atomic E-state index is 4.30. The molecule has 0 saturated carbocycles. The Morgan fingerprint density at radius 1 is 0.917 bits per heavy atom. The molecule has 6 heteroatoms. The van der Waals surface area contributed by atoms with Crippen molar-refractivity contribution in [3.8, 4) is 10.6 Å². The lowest BCUT2D eigenvalue weighted by molar-refractivity contribution is 0.985. The minimum atomic E-state index is 0.809. The first-order valence-electron chi connectivity index (χ1n) is 7.69. The number of fused-ring (bicyclic) bond motifs is 1. The van der Waals surface area contributed by atoms with Crippen molar-refractivity contribution in [3.05, 3.63) is 66.7 Å². The minimum Gasteiger partial charge on any atom is -0.360 e. The van der Waals surface area contributed by atoms with Gasteiger partial charge in [-0.05, 0) is 35.6 Å². The molecule has 0 fully saturated rings. The van der Waals surface area contributed by atoms with Gasteiger partial charge in [0.1, 0.15) is 5.01 Å². The van der Waals surface area contributed by atoms with Crippen LogP contribution in [0.4, 0.5) is 5.13 Å². The first-order valence-corrected chi connectivity index (χ1v) is 8.50. The SMILES string of the molecule is c1cncc(CCNc2nnc(-c3ccc4cnccc4c3)s2)c1. The maximum absolute atomic E-state index is 4.30. The Kier molecular flexibility index (Phi) is 4.12. The summed E-state index contributed by atoms with van der Waals surface area (Å²) in [6.45, 7) is 0.809. The molecule has 24 heavy (non-hydrogen) atoms. The van der Waals surface area contributed by atoms with Crippen LogP contribution in [-0.2, 0) is 6.42 Å². The Balaban J connectivity index is 1.45. The van der Waals surface area contributed by atoms with Crippen LogP contribution in [0.3, 0.4) is 0 Å². The van der Waals surface area contributed by atoms with Crippen molar-refractivity contribution in [2.24, 2.45) is 0 Å². The number of hydrogen-bond donors (Lipinski definition) is 1. The van der Waals surface area contributed by atoms with E-state index < -0.39 is 0 Å². The van der Waals surface area contributed by atoms with Crippen LogP contribution in [0.25, 0.3) is 21.3 Å². The second kappa shape index (κ2) is 6.72. The second-order valence-electron chi connectivity index (χ2n) is 5.39. The van der Waals surface area contributed by atoms with Crippen LogP contribution in [-0.4, -0.2) is 26.7 Å². The largest absolute Gasteiger partial charge is 0.360 e. The van der Waals surface area contributed by atoms with Gasteiger partial charge in [-0.2, -0.15) is 0 Å². The Morgan fingerprint density at radius 3 is 2.79 bits per heavy atom. The topological polar surface area (TPSA) is 63.6 Å². The van der Waals surface area contributed by atoms with E-state index >= 15 is 0 Å². The third kappa shape index (κ3) is 3.23. The van der Waals surface area contributed by atoms with E-state index in [0.29, 0.717) is 0 Å². The van der Waals surface area contributed by atoms with Crippen molar-refractivity contribution in [3.63, 3.8) is 0 Å². The Bertz CT molecular complexity index is 952. The fraction of sp³-hybridized carbons (Fsp3) is 0.111. The highest BCUT2D eigenvalue weighted by molar-refractivity contribution is 7.18. The molecule has 0 unspecified atom stereocenters. The number of rotatable bonds is 5. The van der Waals surface area contributed by atoms with Gasteiger partial charge >= 0.3 is 0 Å². The molecule has 5 nitrogen and oxygen atoms in total. The summed E-state index contributed by atoms with van der Waals surface area (Å²) in [6, 6.07) is 12.3. The molecule has 0 aliphatic heterocycles. The van der Waals surface area contributed by atoms with Gasteiger partial charge in [0, 0.05) is 42.3 Å². The summed E-state index contributed by atoms with van der Waals surface area (Å²) >= 11 is 1.57. The monoisotopic (exact) mass is 333 g/mol. The molecule has 4 aromatic rings. The van der Waals surface area contributed by atoms with Crippen LogP contribution in [0.15, 0.2) is 61.2 Å². The third-order valence-electron chi connectivity index (χ3n) is 3.73. The predicted molar refractivity (Wildman–Crippen MR) is 97.1 cm³/mol. The quantitative estimate of drug-likeness (QED) is 0.602. The van der Waals surface area contributed by atoms with E-state index in [-0.39, 0.29) is 0 Å². The average Bonchev–Trinajstić information content (AvgIpc) is 3.11. The molecular weight excluding hydrogens is 318 g/mol. The van der Waals surface area contributed by atoms with E-state index in [0.717, 1.165) is 39.4 Å². The average molecular weight is 333 g/mol. The maximum Gasteiger partial charge on any atom is 0.206 e. The van der Waals surface area contributed by atoms with Crippen molar-refractivity contribution >= 4 is 27.2 Å². The van der Waals surface area contributed by atoms with Gasteiger partial charge in [0.15, 0.2) is 0 Å². The zero-order valence-corrected chi connectivity index (χ0v) is 13.7. The molecule has 0 aliphatic carbocycles. The number of pyridine rings is 2. The van der Waals surface area contributed by atoms with Gasteiger partial charge in [0.2, 0.25) is 5.13 Å². The minimum absolute atomic E-state index is 0.809. The molecule has 1 aromatic carbocycles. The fourth-order valence-corrected chi connectivity index (χ4v) is 3.25. The first kappa shape index (κ1) is 14.7. The molecule has 4 rings (SSSR count). The van der Waals surface area contributed by atoms with E-state index in [2.05, 4.69) is 49.7 Å². The molecule has 0 amide bonds. The molecule has 3 heterocycles. The van der Waals surface area contributed by atoms with Crippen LogP contribution < -0.4 is 5.32 Å². The Labute approximate surface area is 143 Å². The second-order valence-corrected chi connectivity index (χ2v) is 6.37. The molecule has 0 radical (unpaired) electrons. The number of nitrogens with one attached hydrogen (secondary N) is 1. The summed E-state index contributed by atoms with van der Waals surface area (Å²) < 4.78 is 0. The van der Waals surface area contributed by atoms with E-state index in [4.69, 9.17) is 0 Å². The lowest BCUT2D eigenvalue weighted by Gasteiger charge is -2.01. The molecule has 0 spiro atoms. The number of nitrogens with zero attached hydrogens (tertiary/aromatic N) is 4. The van der Waals surface area contributed by atoms with Gasteiger partial charge in [-0.3, -0.25) is 9.97 Å². The van der Waals surface area contributed by atoms with E-state index in [1.807, 2.05) is 24.5 Å². The molecule has 0 aliphatic rings. The molecule has 3 aromatic heterocycles. The molecule has 118 valence electrons.